The Morgan fingerprint density at radius 3 is 2.59 bits per heavy atom. The van der Waals surface area contributed by atoms with Gasteiger partial charge in [-0.05, 0) is 55.0 Å². The molecule has 2 saturated heterocycles. The average molecular weight is 501 g/mol. The van der Waals surface area contributed by atoms with E-state index in [9.17, 15) is 8.78 Å². The largest absolute Gasteiger partial charge is 0.396 e. The second-order valence-corrected chi connectivity index (χ2v) is 9.81. The Kier molecular flexibility index (Phi) is 6.00. The number of hydrogen-bond acceptors (Lipinski definition) is 7. The lowest BCUT2D eigenvalue weighted by molar-refractivity contribution is -0.0273. The van der Waals surface area contributed by atoms with Crippen LogP contribution >= 0.6 is 0 Å². The lowest BCUT2D eigenvalue weighted by Crippen LogP contribution is -2.71. The van der Waals surface area contributed by atoms with Gasteiger partial charge in [0.15, 0.2) is 11.6 Å². The van der Waals surface area contributed by atoms with E-state index >= 15 is 0 Å². The molecule has 2 aromatic heterocycles. The summed E-state index contributed by atoms with van der Waals surface area (Å²) < 4.78 is 27.2. The van der Waals surface area contributed by atoms with Gasteiger partial charge in [0.1, 0.15) is 18.6 Å². The Labute approximate surface area is 213 Å². The van der Waals surface area contributed by atoms with Crippen molar-refractivity contribution in [3.8, 4) is 0 Å². The number of hydrogen-bond donors (Lipinski definition) is 0. The highest BCUT2D eigenvalue weighted by Crippen LogP contribution is 2.42. The summed E-state index contributed by atoms with van der Waals surface area (Å²) in [7, 11) is 0. The first-order chi connectivity index (χ1) is 18.0. The van der Waals surface area contributed by atoms with Crippen molar-refractivity contribution < 1.29 is 13.6 Å². The molecule has 2 aliphatic rings. The van der Waals surface area contributed by atoms with E-state index in [2.05, 4.69) is 48.1 Å². The summed E-state index contributed by atoms with van der Waals surface area (Å²) in [4.78, 5) is 23.0. The highest BCUT2D eigenvalue weighted by molar-refractivity contribution is 6.11. The van der Waals surface area contributed by atoms with Gasteiger partial charge in [-0.25, -0.2) is 18.7 Å². The molecule has 9 heteroatoms. The summed E-state index contributed by atoms with van der Waals surface area (Å²) >= 11 is 0. The molecular weight excluding hydrogens is 474 g/mol. The highest BCUT2D eigenvalue weighted by atomic mass is 19.2. The first-order valence-electron chi connectivity index (χ1n) is 12.3. The van der Waals surface area contributed by atoms with Crippen LogP contribution in [0.25, 0.3) is 10.9 Å². The maximum absolute atomic E-state index is 13.8. The molecule has 0 amide bonds. The summed E-state index contributed by atoms with van der Waals surface area (Å²) in [5.41, 5.74) is 4.93. The smallest absolute Gasteiger partial charge is 0.159 e. The molecule has 188 valence electrons. The van der Waals surface area contributed by atoms with Gasteiger partial charge >= 0.3 is 0 Å². The Bertz CT molecular complexity index is 1460. The van der Waals surface area contributed by atoms with E-state index in [4.69, 9.17) is 4.84 Å². The maximum atomic E-state index is 13.8. The molecule has 0 saturated carbocycles. The van der Waals surface area contributed by atoms with E-state index < -0.39 is 11.6 Å². The van der Waals surface area contributed by atoms with Gasteiger partial charge in [0.25, 0.3) is 0 Å². The number of nitrogens with zero attached hydrogens (tertiary/aromatic N) is 6. The average Bonchev–Trinajstić information content (AvgIpc) is 2.87. The van der Waals surface area contributed by atoms with Crippen molar-refractivity contribution in [2.75, 3.05) is 37.7 Å². The summed E-state index contributed by atoms with van der Waals surface area (Å²) in [5.74, 6) is -1.84. The molecule has 0 atom stereocenters. The van der Waals surface area contributed by atoms with Gasteiger partial charge in [-0.2, -0.15) is 0 Å². The van der Waals surface area contributed by atoms with Gasteiger partial charge in [-0.3, -0.25) is 9.88 Å². The minimum Gasteiger partial charge on any atom is -0.396 e. The Morgan fingerprint density at radius 2 is 1.84 bits per heavy atom. The van der Waals surface area contributed by atoms with Gasteiger partial charge in [-0.1, -0.05) is 11.2 Å². The van der Waals surface area contributed by atoms with Crippen LogP contribution in [0.1, 0.15) is 23.7 Å². The number of aromatic nitrogens is 3. The fourth-order valence-corrected chi connectivity index (χ4v) is 5.26. The van der Waals surface area contributed by atoms with Crippen LogP contribution in [-0.2, 0) is 11.4 Å². The van der Waals surface area contributed by atoms with Crippen LogP contribution in [0.2, 0.25) is 0 Å². The molecule has 0 radical (unpaired) electrons. The van der Waals surface area contributed by atoms with E-state index in [1.807, 2.05) is 24.5 Å². The van der Waals surface area contributed by atoms with Crippen LogP contribution in [0.5, 0.6) is 0 Å². The molecule has 7 nitrogen and oxygen atoms in total. The highest BCUT2D eigenvalue weighted by Gasteiger charge is 2.51. The lowest BCUT2D eigenvalue weighted by atomic mass is 9.72. The van der Waals surface area contributed by atoms with Crippen LogP contribution in [0.3, 0.4) is 0 Å². The summed E-state index contributed by atoms with van der Waals surface area (Å²) in [6.07, 6.45) is 5.24. The van der Waals surface area contributed by atoms with Gasteiger partial charge in [0.05, 0.1) is 11.2 Å². The Hall–Kier alpha value is -3.98. The summed E-state index contributed by atoms with van der Waals surface area (Å²) in [5, 5.41) is 5.15. The number of likely N-dealkylation sites (tertiary alicyclic amines) is 1. The van der Waals surface area contributed by atoms with Gasteiger partial charge < -0.3 is 9.74 Å². The zero-order chi connectivity index (χ0) is 25.4. The Morgan fingerprint density at radius 1 is 0.973 bits per heavy atom. The van der Waals surface area contributed by atoms with E-state index in [0.29, 0.717) is 29.0 Å². The number of oxime groups is 1. The number of rotatable bonds is 7. The van der Waals surface area contributed by atoms with Gasteiger partial charge in [0, 0.05) is 67.2 Å². The van der Waals surface area contributed by atoms with Gasteiger partial charge in [0.2, 0.25) is 0 Å². The van der Waals surface area contributed by atoms with E-state index in [0.717, 1.165) is 61.3 Å². The molecule has 4 aromatic rings. The van der Waals surface area contributed by atoms with Crippen molar-refractivity contribution in [2.24, 2.45) is 10.6 Å². The second kappa shape index (κ2) is 9.48. The topological polar surface area (TPSA) is 66.7 Å². The summed E-state index contributed by atoms with van der Waals surface area (Å²) in [6, 6.07) is 13.9. The third-order valence-corrected chi connectivity index (χ3v) is 6.98. The summed E-state index contributed by atoms with van der Waals surface area (Å²) in [6.45, 7) is 7.16. The fourth-order valence-electron chi connectivity index (χ4n) is 5.26. The van der Waals surface area contributed by atoms with Crippen LogP contribution in [0, 0.1) is 17.0 Å². The molecule has 2 aromatic carbocycles. The van der Waals surface area contributed by atoms with Crippen molar-refractivity contribution in [2.45, 2.75) is 13.5 Å². The number of anilines is 1. The predicted octanol–water partition coefficient (Wildman–Crippen LogP) is 4.41. The minimum atomic E-state index is -0.936. The van der Waals surface area contributed by atoms with E-state index in [1.54, 1.807) is 13.3 Å². The van der Waals surface area contributed by atoms with Crippen LogP contribution < -0.4 is 4.90 Å². The van der Waals surface area contributed by atoms with Crippen molar-refractivity contribution in [1.82, 2.24) is 19.9 Å². The molecule has 0 aliphatic carbocycles. The van der Waals surface area contributed by atoms with Crippen molar-refractivity contribution in [3.63, 3.8) is 0 Å². The van der Waals surface area contributed by atoms with Crippen molar-refractivity contribution >= 4 is 22.3 Å². The molecule has 0 bridgehead atoms. The molecule has 2 fully saturated rings. The monoisotopic (exact) mass is 500 g/mol. The van der Waals surface area contributed by atoms with E-state index in [1.165, 1.54) is 11.8 Å². The van der Waals surface area contributed by atoms with Crippen molar-refractivity contribution in [1.29, 1.82) is 0 Å². The number of fused-ring (bicyclic) bond motifs is 1. The maximum Gasteiger partial charge on any atom is 0.159 e. The van der Waals surface area contributed by atoms with Crippen LogP contribution in [-0.4, -0.2) is 58.3 Å². The minimum absolute atomic E-state index is 0.345. The third-order valence-electron chi connectivity index (χ3n) is 6.98. The number of benzene rings is 2. The molecule has 0 unspecified atom stereocenters. The Balaban J connectivity index is 1.07. The molecule has 6 rings (SSSR count). The zero-order valence-corrected chi connectivity index (χ0v) is 20.4. The second-order valence-electron chi connectivity index (χ2n) is 9.81. The fraction of sp³-hybridized carbons (Fsp3) is 0.286. The zero-order valence-electron chi connectivity index (χ0n) is 20.4. The van der Waals surface area contributed by atoms with Crippen LogP contribution in [0.15, 0.2) is 72.4 Å². The first-order valence-corrected chi connectivity index (χ1v) is 12.3. The van der Waals surface area contributed by atoms with Gasteiger partial charge in [-0.15, -0.1) is 0 Å². The number of pyridine rings is 1. The normalized spacial score (nSPS) is 17.1. The predicted molar refractivity (Wildman–Crippen MR) is 137 cm³/mol. The molecule has 0 N–H and O–H groups in total. The molecule has 2 aliphatic heterocycles. The molecule has 1 spiro atoms. The number of halogens is 2. The van der Waals surface area contributed by atoms with E-state index in [-0.39, 0.29) is 0 Å². The molecule has 37 heavy (non-hydrogen) atoms. The van der Waals surface area contributed by atoms with Crippen molar-refractivity contribution in [3.05, 3.63) is 95.7 Å². The standard InChI is InChI=1S/C28H26F2N6O/c1-2-37-34-27(20-5-7-23(29)24(30)9-20)25-8-3-19(11-32-25)13-35-14-28(15-35)16-36(17-28)22-6-4-21-12-31-18-33-26(21)10-22/h3-12,18H,2,13-17H2,1H3/b34-27+. The quantitative estimate of drug-likeness (QED) is 0.277. The SMILES string of the molecule is CCO/N=C(\c1ccc(F)c(F)c1)c1ccc(CN2CC3(C2)CN(c2ccc4cncnc4c2)C3)cn1. The third kappa shape index (κ3) is 4.62. The molecule has 4 heterocycles. The first kappa shape index (κ1) is 23.4. The van der Waals surface area contributed by atoms with Crippen LogP contribution in [0.4, 0.5) is 14.5 Å². The lowest BCUT2D eigenvalue weighted by Gasteiger charge is -2.61. The molecular formula is C28H26F2N6O.